The molecule has 116 valence electrons. The first-order valence-electron chi connectivity index (χ1n) is 6.29. The molecule has 0 saturated heterocycles. The third-order valence-corrected chi connectivity index (χ3v) is 3.53. The lowest BCUT2D eigenvalue weighted by atomic mass is 9.96. The van der Waals surface area contributed by atoms with Gasteiger partial charge in [-0.05, 0) is 32.9 Å². The lowest BCUT2D eigenvalue weighted by molar-refractivity contribution is -0.384. The molecular weight excluding hydrogens is 300 g/mol. The quantitative estimate of drug-likeness (QED) is 0.434. The maximum absolute atomic E-state index is 11.1. The topological polar surface area (TPSA) is 102 Å². The van der Waals surface area contributed by atoms with Crippen LogP contribution >= 0.6 is 11.6 Å². The Morgan fingerprint density at radius 1 is 1.57 bits per heavy atom. The van der Waals surface area contributed by atoms with E-state index >= 15 is 0 Å². The van der Waals surface area contributed by atoms with Gasteiger partial charge in [0.1, 0.15) is 16.3 Å². The highest BCUT2D eigenvalue weighted by atomic mass is 35.5. The molecule has 0 aliphatic heterocycles. The molecule has 7 nitrogen and oxygen atoms in total. The van der Waals surface area contributed by atoms with Crippen LogP contribution in [0.4, 0.5) is 5.69 Å². The van der Waals surface area contributed by atoms with Crippen LogP contribution in [0.2, 0.25) is 5.02 Å². The molecule has 0 fully saturated rings. The van der Waals surface area contributed by atoms with E-state index in [1.54, 1.807) is 14.0 Å². The Morgan fingerprint density at radius 3 is 2.71 bits per heavy atom. The van der Waals surface area contributed by atoms with E-state index in [4.69, 9.17) is 21.4 Å². The largest absolute Gasteiger partial charge is 0.494 e. The summed E-state index contributed by atoms with van der Waals surface area (Å²) in [5, 5.41) is 22.5. The number of aliphatic carboxylic acids is 1. The van der Waals surface area contributed by atoms with Crippen LogP contribution in [0.3, 0.4) is 0 Å². The zero-order valence-electron chi connectivity index (χ0n) is 11.8. The fourth-order valence-electron chi connectivity index (χ4n) is 1.68. The van der Waals surface area contributed by atoms with Crippen molar-refractivity contribution in [3.63, 3.8) is 0 Å². The molecule has 0 amide bonds. The zero-order valence-corrected chi connectivity index (χ0v) is 12.5. The van der Waals surface area contributed by atoms with Crippen molar-refractivity contribution in [2.24, 2.45) is 0 Å². The number of hydrogen-bond acceptors (Lipinski definition) is 5. The van der Waals surface area contributed by atoms with E-state index in [0.717, 1.165) is 0 Å². The molecule has 0 spiro atoms. The minimum absolute atomic E-state index is 0.00287. The summed E-state index contributed by atoms with van der Waals surface area (Å²) in [5.74, 6) is -0.518. The molecule has 1 aromatic rings. The second kappa shape index (κ2) is 7.24. The molecule has 8 heteroatoms. The van der Waals surface area contributed by atoms with Crippen LogP contribution in [0.1, 0.15) is 19.8 Å². The fourth-order valence-corrected chi connectivity index (χ4v) is 1.92. The molecule has 1 rings (SSSR count). The van der Waals surface area contributed by atoms with Crippen LogP contribution in [-0.2, 0) is 4.79 Å². The zero-order chi connectivity index (χ0) is 16.0. The van der Waals surface area contributed by atoms with Gasteiger partial charge in [0.25, 0.3) is 5.69 Å². The molecule has 0 aromatic heterocycles. The number of carbonyl (C=O) groups is 1. The number of nitro groups is 1. The van der Waals surface area contributed by atoms with Gasteiger partial charge in [-0.2, -0.15) is 0 Å². The first-order chi connectivity index (χ1) is 9.80. The van der Waals surface area contributed by atoms with E-state index in [0.29, 0.717) is 25.2 Å². The standard InChI is InChI=1S/C13H17ClN2O5/c1-13(15-2,12(17)18)6-3-7-21-9-4-5-11(16(19)20)10(14)8-9/h4-5,8,15H,3,6-7H2,1-2H3,(H,17,18). The number of nitro benzene ring substituents is 1. The molecular formula is C13H17ClN2O5. The summed E-state index contributed by atoms with van der Waals surface area (Å²) in [6, 6.07) is 4.10. The first-order valence-corrected chi connectivity index (χ1v) is 6.67. The number of halogens is 1. The van der Waals surface area contributed by atoms with E-state index in [1.165, 1.54) is 18.2 Å². The predicted molar refractivity (Wildman–Crippen MR) is 77.9 cm³/mol. The number of ether oxygens (including phenoxy) is 1. The van der Waals surface area contributed by atoms with Gasteiger partial charge in [0.2, 0.25) is 0 Å². The van der Waals surface area contributed by atoms with Crippen molar-refractivity contribution >= 4 is 23.3 Å². The maximum Gasteiger partial charge on any atom is 0.323 e. The average Bonchev–Trinajstić information content (AvgIpc) is 2.42. The summed E-state index contributed by atoms with van der Waals surface area (Å²) in [5.41, 5.74) is -1.19. The van der Waals surface area contributed by atoms with Gasteiger partial charge >= 0.3 is 5.97 Å². The van der Waals surface area contributed by atoms with Gasteiger partial charge in [-0.15, -0.1) is 0 Å². The smallest absolute Gasteiger partial charge is 0.323 e. The Morgan fingerprint density at radius 2 is 2.24 bits per heavy atom. The van der Waals surface area contributed by atoms with E-state index < -0.39 is 16.4 Å². The molecule has 0 bridgehead atoms. The van der Waals surface area contributed by atoms with Crippen molar-refractivity contribution in [3.05, 3.63) is 33.3 Å². The molecule has 0 heterocycles. The first kappa shape index (κ1) is 17.2. The van der Waals surface area contributed by atoms with Gasteiger partial charge < -0.3 is 15.2 Å². The van der Waals surface area contributed by atoms with Crippen molar-refractivity contribution in [2.45, 2.75) is 25.3 Å². The summed E-state index contributed by atoms with van der Waals surface area (Å²) in [4.78, 5) is 21.1. The predicted octanol–water partition coefficient (Wildman–Crippen LogP) is 2.47. The van der Waals surface area contributed by atoms with Crippen molar-refractivity contribution in [1.82, 2.24) is 5.32 Å². The molecule has 1 aromatic carbocycles. The summed E-state index contributed by atoms with van der Waals surface area (Å²) in [6.07, 6.45) is 0.901. The Hall–Kier alpha value is -1.86. The molecule has 0 radical (unpaired) electrons. The summed E-state index contributed by atoms with van der Waals surface area (Å²) >= 11 is 5.76. The second-order valence-corrected chi connectivity index (χ2v) is 5.12. The number of carboxylic acids is 1. The van der Waals surface area contributed by atoms with E-state index in [-0.39, 0.29) is 10.7 Å². The van der Waals surface area contributed by atoms with Gasteiger partial charge in [-0.3, -0.25) is 14.9 Å². The molecule has 21 heavy (non-hydrogen) atoms. The van der Waals surface area contributed by atoms with Gasteiger partial charge in [0, 0.05) is 12.1 Å². The van der Waals surface area contributed by atoms with E-state index in [1.807, 2.05) is 0 Å². The molecule has 0 aliphatic rings. The normalized spacial score (nSPS) is 13.5. The second-order valence-electron chi connectivity index (χ2n) is 4.71. The van der Waals surface area contributed by atoms with Crippen molar-refractivity contribution in [1.29, 1.82) is 0 Å². The third kappa shape index (κ3) is 4.57. The van der Waals surface area contributed by atoms with Gasteiger partial charge in [0.15, 0.2) is 0 Å². The van der Waals surface area contributed by atoms with Gasteiger partial charge in [-0.25, -0.2) is 0 Å². The molecule has 1 unspecified atom stereocenters. The summed E-state index contributed by atoms with van der Waals surface area (Å²) < 4.78 is 5.41. The number of benzene rings is 1. The number of nitrogens with one attached hydrogen (secondary N) is 1. The minimum atomic E-state index is -1.00. The van der Waals surface area contributed by atoms with E-state index in [2.05, 4.69) is 5.32 Å². The van der Waals surface area contributed by atoms with Crippen LogP contribution in [0.15, 0.2) is 18.2 Å². The number of likely N-dealkylation sites (N-methyl/N-ethyl adjacent to an activating group) is 1. The molecule has 2 N–H and O–H groups in total. The highest BCUT2D eigenvalue weighted by molar-refractivity contribution is 6.32. The minimum Gasteiger partial charge on any atom is -0.494 e. The number of rotatable bonds is 8. The van der Waals surface area contributed by atoms with Crippen molar-refractivity contribution in [2.75, 3.05) is 13.7 Å². The van der Waals surface area contributed by atoms with Crippen LogP contribution < -0.4 is 10.1 Å². The summed E-state index contributed by atoms with van der Waals surface area (Å²) in [7, 11) is 1.59. The van der Waals surface area contributed by atoms with Crippen LogP contribution in [0, 0.1) is 10.1 Å². The third-order valence-electron chi connectivity index (χ3n) is 3.23. The van der Waals surface area contributed by atoms with Crippen molar-refractivity contribution in [3.8, 4) is 5.75 Å². The lowest BCUT2D eigenvalue weighted by Crippen LogP contribution is -2.47. The Bertz CT molecular complexity index is 537. The fraction of sp³-hybridized carbons (Fsp3) is 0.462. The molecule has 0 saturated carbocycles. The molecule has 0 aliphatic carbocycles. The SMILES string of the molecule is CNC(C)(CCCOc1ccc([N+](=O)[O-])c(Cl)c1)C(=O)O. The van der Waals surface area contributed by atoms with Crippen LogP contribution in [0.5, 0.6) is 5.75 Å². The van der Waals surface area contributed by atoms with Crippen LogP contribution in [-0.4, -0.2) is 35.2 Å². The number of nitrogens with zero attached hydrogens (tertiary/aromatic N) is 1. The van der Waals surface area contributed by atoms with Gasteiger partial charge in [0.05, 0.1) is 11.5 Å². The summed E-state index contributed by atoms with van der Waals surface area (Å²) in [6.45, 7) is 1.89. The Balaban J connectivity index is 2.52. The Kier molecular flexibility index (Phi) is 5.92. The van der Waals surface area contributed by atoms with Gasteiger partial charge in [-0.1, -0.05) is 11.6 Å². The lowest BCUT2D eigenvalue weighted by Gasteiger charge is -2.23. The number of carboxylic acid groups (broad SMARTS) is 1. The maximum atomic E-state index is 11.1. The number of hydrogen-bond donors (Lipinski definition) is 2. The Labute approximate surface area is 127 Å². The average molecular weight is 317 g/mol. The monoisotopic (exact) mass is 316 g/mol. The highest BCUT2D eigenvalue weighted by Crippen LogP contribution is 2.28. The highest BCUT2D eigenvalue weighted by Gasteiger charge is 2.30. The van der Waals surface area contributed by atoms with E-state index in [9.17, 15) is 14.9 Å². The van der Waals surface area contributed by atoms with Crippen molar-refractivity contribution < 1.29 is 19.6 Å². The van der Waals surface area contributed by atoms with Crippen LogP contribution in [0.25, 0.3) is 0 Å². The molecule has 1 atom stereocenters.